The molecule has 0 saturated carbocycles. The summed E-state index contributed by atoms with van der Waals surface area (Å²) < 4.78 is 1.48. The summed E-state index contributed by atoms with van der Waals surface area (Å²) in [5, 5.41) is 3.89. The highest BCUT2D eigenvalue weighted by Gasteiger charge is 2.10. The van der Waals surface area contributed by atoms with Gasteiger partial charge in [-0.25, -0.2) is 0 Å². The summed E-state index contributed by atoms with van der Waals surface area (Å²) in [6.45, 7) is 3.73. The first kappa shape index (κ1) is 9.51. The maximum Gasteiger partial charge on any atom is 0.191 e. The van der Waals surface area contributed by atoms with Crippen LogP contribution in [0.25, 0.3) is 0 Å². The average Bonchev–Trinajstić information content (AvgIpc) is 2.31. The third-order valence-electron chi connectivity index (χ3n) is 1.67. The number of nitrogen functional groups attached to an aromatic ring is 1. The van der Waals surface area contributed by atoms with Gasteiger partial charge in [0.2, 0.25) is 0 Å². The molecule has 0 amide bonds. The molecule has 2 N–H and O–H groups in total. The molecule has 0 bridgehead atoms. The number of hydrogen-bond donors (Lipinski definition) is 1. The van der Waals surface area contributed by atoms with Gasteiger partial charge in [-0.2, -0.15) is 5.10 Å². The van der Waals surface area contributed by atoms with Gasteiger partial charge in [0.25, 0.3) is 0 Å². The SMILES string of the molecule is CC(C)=CC(=O)c1cnn(C)c1N. The first-order valence-electron chi connectivity index (χ1n) is 3.99. The van der Waals surface area contributed by atoms with E-state index in [1.165, 1.54) is 10.9 Å². The van der Waals surface area contributed by atoms with Crippen LogP contribution in [0.5, 0.6) is 0 Å². The molecule has 0 aliphatic rings. The molecule has 4 heteroatoms. The van der Waals surface area contributed by atoms with Gasteiger partial charge in [-0.3, -0.25) is 9.48 Å². The van der Waals surface area contributed by atoms with Crippen LogP contribution in [0.15, 0.2) is 17.8 Å². The van der Waals surface area contributed by atoms with Gasteiger partial charge >= 0.3 is 0 Å². The summed E-state index contributed by atoms with van der Waals surface area (Å²) in [5.74, 6) is 0.313. The van der Waals surface area contributed by atoms with E-state index in [4.69, 9.17) is 5.73 Å². The Morgan fingerprint density at radius 1 is 1.62 bits per heavy atom. The van der Waals surface area contributed by atoms with Gasteiger partial charge < -0.3 is 5.73 Å². The number of ketones is 1. The second-order valence-electron chi connectivity index (χ2n) is 3.15. The van der Waals surface area contributed by atoms with E-state index in [0.29, 0.717) is 11.4 Å². The Bertz CT molecular complexity index is 359. The van der Waals surface area contributed by atoms with E-state index in [9.17, 15) is 4.79 Å². The van der Waals surface area contributed by atoms with Gasteiger partial charge in [0.1, 0.15) is 5.82 Å². The van der Waals surface area contributed by atoms with E-state index < -0.39 is 0 Å². The number of rotatable bonds is 2. The molecular weight excluding hydrogens is 166 g/mol. The molecule has 1 aromatic rings. The number of nitrogens with zero attached hydrogens (tertiary/aromatic N) is 2. The lowest BCUT2D eigenvalue weighted by Crippen LogP contribution is -2.03. The van der Waals surface area contributed by atoms with E-state index in [1.54, 1.807) is 13.1 Å². The minimum Gasteiger partial charge on any atom is -0.383 e. The number of aromatic nitrogens is 2. The van der Waals surface area contributed by atoms with E-state index in [0.717, 1.165) is 5.57 Å². The summed E-state index contributed by atoms with van der Waals surface area (Å²) in [6, 6.07) is 0. The van der Waals surface area contributed by atoms with Gasteiger partial charge in [-0.05, 0) is 19.9 Å². The fraction of sp³-hybridized carbons (Fsp3) is 0.333. The molecule has 0 aromatic carbocycles. The largest absolute Gasteiger partial charge is 0.383 e. The quantitative estimate of drug-likeness (QED) is 0.547. The van der Waals surface area contributed by atoms with E-state index in [1.807, 2.05) is 13.8 Å². The molecule has 0 fully saturated rings. The summed E-state index contributed by atoms with van der Waals surface area (Å²) in [6.07, 6.45) is 3.03. The van der Waals surface area contributed by atoms with Gasteiger partial charge in [0.15, 0.2) is 5.78 Å². The maximum absolute atomic E-state index is 11.5. The molecule has 1 rings (SSSR count). The molecule has 0 aliphatic carbocycles. The van der Waals surface area contributed by atoms with Crippen LogP contribution < -0.4 is 5.73 Å². The van der Waals surface area contributed by atoms with E-state index >= 15 is 0 Å². The Morgan fingerprint density at radius 3 is 2.62 bits per heavy atom. The Morgan fingerprint density at radius 2 is 2.23 bits per heavy atom. The molecule has 0 aliphatic heterocycles. The monoisotopic (exact) mass is 179 g/mol. The van der Waals surface area contributed by atoms with Crippen molar-refractivity contribution in [2.45, 2.75) is 13.8 Å². The lowest BCUT2D eigenvalue weighted by Gasteiger charge is -1.95. The molecular formula is C9H13N3O. The normalized spacial score (nSPS) is 9.77. The van der Waals surface area contributed by atoms with Crippen molar-refractivity contribution in [1.82, 2.24) is 9.78 Å². The smallest absolute Gasteiger partial charge is 0.191 e. The third kappa shape index (κ3) is 1.96. The Kier molecular flexibility index (Phi) is 2.51. The Balaban J connectivity index is 3.03. The Hall–Kier alpha value is -1.58. The van der Waals surface area contributed by atoms with Gasteiger partial charge in [-0.15, -0.1) is 0 Å². The zero-order valence-corrected chi connectivity index (χ0v) is 8.03. The predicted molar refractivity (Wildman–Crippen MR) is 51.4 cm³/mol. The van der Waals surface area contributed by atoms with Crippen LogP contribution in [0.1, 0.15) is 24.2 Å². The summed E-state index contributed by atoms with van der Waals surface area (Å²) in [5.41, 5.74) is 7.04. The molecule has 0 spiro atoms. The number of carbonyl (C=O) groups is 1. The number of aryl methyl sites for hydroxylation is 1. The molecule has 1 aromatic heterocycles. The first-order chi connectivity index (χ1) is 6.02. The third-order valence-corrected chi connectivity index (χ3v) is 1.67. The van der Waals surface area contributed by atoms with Gasteiger partial charge in [-0.1, -0.05) is 5.57 Å². The summed E-state index contributed by atoms with van der Waals surface area (Å²) in [4.78, 5) is 11.5. The highest BCUT2D eigenvalue weighted by atomic mass is 16.1. The van der Waals surface area contributed by atoms with Crippen LogP contribution in [0.2, 0.25) is 0 Å². The van der Waals surface area contributed by atoms with Crippen LogP contribution in [-0.2, 0) is 7.05 Å². The minimum absolute atomic E-state index is 0.0920. The number of anilines is 1. The van der Waals surface area contributed by atoms with Crippen LogP contribution in [-0.4, -0.2) is 15.6 Å². The Labute approximate surface area is 77.0 Å². The predicted octanol–water partition coefficient (Wildman–Crippen LogP) is 1.15. The fourth-order valence-electron chi connectivity index (χ4n) is 0.977. The second-order valence-corrected chi connectivity index (χ2v) is 3.15. The van der Waals surface area contributed by atoms with Crippen molar-refractivity contribution in [3.8, 4) is 0 Å². The zero-order chi connectivity index (χ0) is 10.0. The molecule has 13 heavy (non-hydrogen) atoms. The van der Waals surface area contributed by atoms with Crippen molar-refractivity contribution in [2.24, 2.45) is 7.05 Å². The lowest BCUT2D eigenvalue weighted by atomic mass is 10.1. The zero-order valence-electron chi connectivity index (χ0n) is 8.03. The van der Waals surface area contributed by atoms with Crippen molar-refractivity contribution in [3.05, 3.63) is 23.4 Å². The first-order valence-corrected chi connectivity index (χ1v) is 3.99. The molecule has 4 nitrogen and oxygen atoms in total. The molecule has 0 unspecified atom stereocenters. The standard InChI is InChI=1S/C9H13N3O/c1-6(2)4-8(13)7-5-11-12(3)9(7)10/h4-5H,10H2,1-3H3. The maximum atomic E-state index is 11.5. The van der Waals surface area contributed by atoms with Crippen LogP contribution in [0.4, 0.5) is 5.82 Å². The topological polar surface area (TPSA) is 60.9 Å². The molecule has 0 saturated heterocycles. The molecule has 1 heterocycles. The number of hydrogen-bond acceptors (Lipinski definition) is 3. The number of carbonyl (C=O) groups excluding carboxylic acids is 1. The second kappa shape index (κ2) is 3.43. The number of allylic oxidation sites excluding steroid dienone is 2. The van der Waals surface area contributed by atoms with Crippen molar-refractivity contribution in [1.29, 1.82) is 0 Å². The highest BCUT2D eigenvalue weighted by molar-refractivity contribution is 6.07. The average molecular weight is 179 g/mol. The van der Waals surface area contributed by atoms with Gasteiger partial charge in [0.05, 0.1) is 11.8 Å². The van der Waals surface area contributed by atoms with Gasteiger partial charge in [0, 0.05) is 7.05 Å². The highest BCUT2D eigenvalue weighted by Crippen LogP contribution is 2.11. The summed E-state index contributed by atoms with van der Waals surface area (Å²) >= 11 is 0. The fourth-order valence-corrected chi connectivity index (χ4v) is 0.977. The molecule has 0 atom stereocenters. The van der Waals surface area contributed by atoms with Crippen molar-refractivity contribution < 1.29 is 4.79 Å². The van der Waals surface area contributed by atoms with Crippen molar-refractivity contribution in [2.75, 3.05) is 5.73 Å². The summed E-state index contributed by atoms with van der Waals surface area (Å²) in [7, 11) is 1.70. The molecule has 0 radical (unpaired) electrons. The van der Waals surface area contributed by atoms with E-state index in [2.05, 4.69) is 5.10 Å². The molecule has 70 valence electrons. The van der Waals surface area contributed by atoms with Crippen LogP contribution >= 0.6 is 0 Å². The lowest BCUT2D eigenvalue weighted by molar-refractivity contribution is 0.104. The van der Waals surface area contributed by atoms with Crippen molar-refractivity contribution >= 4 is 11.6 Å². The van der Waals surface area contributed by atoms with Crippen LogP contribution in [0.3, 0.4) is 0 Å². The van der Waals surface area contributed by atoms with Crippen molar-refractivity contribution in [3.63, 3.8) is 0 Å². The van der Waals surface area contributed by atoms with Crippen LogP contribution in [0, 0.1) is 0 Å². The minimum atomic E-state index is -0.0920. The number of nitrogens with two attached hydrogens (primary N) is 1. The van der Waals surface area contributed by atoms with E-state index in [-0.39, 0.29) is 5.78 Å².